The minimum absolute atomic E-state index is 0.00183. The van der Waals surface area contributed by atoms with Gasteiger partial charge in [0.05, 0.1) is 0 Å². The van der Waals surface area contributed by atoms with Crippen LogP contribution in [0.15, 0.2) is 54.6 Å². The van der Waals surface area contributed by atoms with Gasteiger partial charge in [-0.05, 0) is 65.9 Å². The smallest absolute Gasteiger partial charge is 0.157 e. The molecule has 0 radical (unpaired) electrons. The molecule has 0 atom stereocenters. The molecule has 0 heterocycles. The van der Waals surface area contributed by atoms with Gasteiger partial charge < -0.3 is 25.5 Å². The van der Waals surface area contributed by atoms with Gasteiger partial charge in [0, 0.05) is 5.56 Å². The van der Waals surface area contributed by atoms with E-state index in [-0.39, 0.29) is 28.7 Å². The predicted molar refractivity (Wildman–Crippen MR) is 104 cm³/mol. The minimum Gasteiger partial charge on any atom is -0.508 e. The normalized spacial score (nSPS) is 11.1. The van der Waals surface area contributed by atoms with Crippen molar-refractivity contribution in [2.24, 2.45) is 0 Å². The first-order valence-corrected chi connectivity index (χ1v) is 8.45. The monoisotopic (exact) mass is 364 g/mol. The van der Waals surface area contributed by atoms with Gasteiger partial charge in [0.1, 0.15) is 17.2 Å². The van der Waals surface area contributed by atoms with Crippen molar-refractivity contribution in [2.75, 3.05) is 0 Å². The number of phenols is 5. The number of hydrogen-bond acceptors (Lipinski definition) is 5. The van der Waals surface area contributed by atoms with E-state index in [0.29, 0.717) is 29.5 Å². The molecule has 5 nitrogen and oxygen atoms in total. The van der Waals surface area contributed by atoms with E-state index < -0.39 is 0 Å². The molecular formula is C22H20O5. The molecule has 0 aliphatic rings. The van der Waals surface area contributed by atoms with Crippen LogP contribution >= 0.6 is 0 Å². The number of phenolic OH excluding ortho intramolecular Hbond substituents is 5. The summed E-state index contributed by atoms with van der Waals surface area (Å²) in [5.41, 5.74) is 2.72. The molecular weight excluding hydrogens is 344 g/mol. The summed E-state index contributed by atoms with van der Waals surface area (Å²) in [6, 6.07) is 14.4. The van der Waals surface area contributed by atoms with Crippen molar-refractivity contribution < 1.29 is 25.5 Å². The summed E-state index contributed by atoms with van der Waals surface area (Å²) in [7, 11) is 0. The average Bonchev–Trinajstić information content (AvgIpc) is 2.63. The Hall–Kier alpha value is -3.60. The molecule has 3 aromatic rings. The fraction of sp³-hybridized carbons (Fsp3) is 0.0909. The van der Waals surface area contributed by atoms with E-state index in [2.05, 4.69) is 0 Å². The summed E-state index contributed by atoms with van der Waals surface area (Å²) in [6.07, 6.45) is 4.46. The molecule has 3 aromatic carbocycles. The molecule has 0 fully saturated rings. The number of aromatic hydroxyl groups is 5. The lowest BCUT2D eigenvalue weighted by Gasteiger charge is -2.09. The molecule has 0 aliphatic carbocycles. The lowest BCUT2D eigenvalue weighted by Crippen LogP contribution is -1.93. The van der Waals surface area contributed by atoms with Crippen LogP contribution < -0.4 is 0 Å². The summed E-state index contributed by atoms with van der Waals surface area (Å²) in [5, 5.41) is 48.7. The molecule has 3 rings (SSSR count). The summed E-state index contributed by atoms with van der Waals surface area (Å²) in [5.74, 6) is -0.209. The zero-order chi connectivity index (χ0) is 19.4. The van der Waals surface area contributed by atoms with E-state index in [1.165, 1.54) is 12.1 Å². The van der Waals surface area contributed by atoms with Crippen molar-refractivity contribution >= 4 is 12.2 Å². The Kier molecular flexibility index (Phi) is 5.22. The maximum absolute atomic E-state index is 10.3. The lowest BCUT2D eigenvalue weighted by atomic mass is 10.0. The first-order valence-electron chi connectivity index (χ1n) is 8.45. The molecule has 5 N–H and O–H groups in total. The van der Waals surface area contributed by atoms with Gasteiger partial charge in [0.15, 0.2) is 11.5 Å². The third-order valence-electron chi connectivity index (χ3n) is 4.29. The Morgan fingerprint density at radius 1 is 0.556 bits per heavy atom. The highest BCUT2D eigenvalue weighted by molar-refractivity contribution is 5.72. The second-order valence-electron chi connectivity index (χ2n) is 6.29. The Labute approximate surface area is 156 Å². The second kappa shape index (κ2) is 7.74. The minimum atomic E-state index is -0.215. The lowest BCUT2D eigenvalue weighted by molar-refractivity contribution is 0.403. The van der Waals surface area contributed by atoms with Crippen molar-refractivity contribution in [3.8, 4) is 28.7 Å². The van der Waals surface area contributed by atoms with E-state index in [1.54, 1.807) is 54.6 Å². The molecule has 0 aromatic heterocycles. The van der Waals surface area contributed by atoms with E-state index in [1.807, 2.05) is 0 Å². The van der Waals surface area contributed by atoms with Crippen LogP contribution in [0.25, 0.3) is 12.2 Å². The first-order chi connectivity index (χ1) is 12.9. The highest BCUT2D eigenvalue weighted by atomic mass is 16.3. The van der Waals surface area contributed by atoms with E-state index in [9.17, 15) is 25.5 Å². The maximum Gasteiger partial charge on any atom is 0.157 e. The third kappa shape index (κ3) is 4.52. The average molecular weight is 364 g/mol. The van der Waals surface area contributed by atoms with E-state index >= 15 is 0 Å². The molecule has 5 heteroatoms. The van der Waals surface area contributed by atoms with Crippen molar-refractivity contribution in [1.82, 2.24) is 0 Å². The van der Waals surface area contributed by atoms with Crippen LogP contribution in [0.3, 0.4) is 0 Å². The Balaban J connectivity index is 1.74. The highest BCUT2D eigenvalue weighted by Crippen LogP contribution is 2.31. The molecule has 0 bridgehead atoms. The van der Waals surface area contributed by atoms with E-state index in [0.717, 1.165) is 5.56 Å². The van der Waals surface area contributed by atoms with Gasteiger partial charge in [-0.25, -0.2) is 0 Å². The summed E-state index contributed by atoms with van der Waals surface area (Å²) in [4.78, 5) is 0. The van der Waals surface area contributed by atoms with Crippen LogP contribution in [0.1, 0.15) is 22.3 Å². The maximum atomic E-state index is 10.3. The van der Waals surface area contributed by atoms with Crippen molar-refractivity contribution in [1.29, 1.82) is 0 Å². The Morgan fingerprint density at radius 3 is 1.78 bits per heavy atom. The topological polar surface area (TPSA) is 101 Å². The largest absolute Gasteiger partial charge is 0.508 e. The summed E-state index contributed by atoms with van der Waals surface area (Å²) >= 11 is 0. The molecule has 0 aliphatic heterocycles. The zero-order valence-corrected chi connectivity index (χ0v) is 14.5. The number of benzene rings is 3. The molecule has 27 heavy (non-hydrogen) atoms. The van der Waals surface area contributed by atoms with Crippen LogP contribution in [0.5, 0.6) is 28.7 Å². The van der Waals surface area contributed by atoms with Gasteiger partial charge in [-0.2, -0.15) is 0 Å². The Bertz CT molecular complexity index is 951. The second-order valence-corrected chi connectivity index (χ2v) is 6.29. The fourth-order valence-electron chi connectivity index (χ4n) is 2.78. The number of hydrogen-bond donors (Lipinski definition) is 5. The van der Waals surface area contributed by atoms with Crippen LogP contribution in [0, 0.1) is 0 Å². The molecule has 0 unspecified atom stereocenters. The SMILES string of the molecule is Oc1ccc(CCc2c(O)cc(C=Cc3ccc(O)c(O)c3)cc2O)cc1. The summed E-state index contributed by atoms with van der Waals surface area (Å²) < 4.78 is 0. The zero-order valence-electron chi connectivity index (χ0n) is 14.5. The van der Waals surface area contributed by atoms with Crippen LogP contribution in [-0.2, 0) is 12.8 Å². The Morgan fingerprint density at radius 2 is 1.15 bits per heavy atom. The third-order valence-corrected chi connectivity index (χ3v) is 4.29. The van der Waals surface area contributed by atoms with Crippen molar-refractivity contribution in [3.63, 3.8) is 0 Å². The van der Waals surface area contributed by atoms with Crippen molar-refractivity contribution in [2.45, 2.75) is 12.8 Å². The van der Waals surface area contributed by atoms with Gasteiger partial charge >= 0.3 is 0 Å². The molecule has 0 saturated heterocycles. The molecule has 138 valence electrons. The summed E-state index contributed by atoms with van der Waals surface area (Å²) in [6.45, 7) is 0. The number of aryl methyl sites for hydroxylation is 1. The van der Waals surface area contributed by atoms with Crippen LogP contribution in [-0.4, -0.2) is 25.5 Å². The van der Waals surface area contributed by atoms with Gasteiger partial charge in [-0.1, -0.05) is 30.4 Å². The first kappa shape index (κ1) is 18.2. The number of rotatable bonds is 5. The molecule has 0 spiro atoms. The highest BCUT2D eigenvalue weighted by Gasteiger charge is 2.09. The van der Waals surface area contributed by atoms with Gasteiger partial charge in [0.25, 0.3) is 0 Å². The van der Waals surface area contributed by atoms with Gasteiger partial charge in [0.2, 0.25) is 0 Å². The van der Waals surface area contributed by atoms with Crippen molar-refractivity contribution in [3.05, 3.63) is 76.9 Å². The van der Waals surface area contributed by atoms with Crippen LogP contribution in [0.4, 0.5) is 0 Å². The van der Waals surface area contributed by atoms with Gasteiger partial charge in [-0.15, -0.1) is 0 Å². The standard InChI is InChI=1S/C22H20O5/c23-17-7-3-14(4-8-17)5-9-18-20(25)12-16(13-21(18)26)2-1-15-6-10-19(24)22(27)11-15/h1-4,6-8,10-13,23-27H,5,9H2. The van der Waals surface area contributed by atoms with E-state index in [4.69, 9.17) is 0 Å². The van der Waals surface area contributed by atoms with Crippen LogP contribution in [0.2, 0.25) is 0 Å². The predicted octanol–water partition coefficient (Wildman–Crippen LogP) is 4.17. The molecule has 0 saturated carbocycles. The molecule has 0 amide bonds. The van der Waals surface area contributed by atoms with Gasteiger partial charge in [-0.3, -0.25) is 0 Å². The quantitative estimate of drug-likeness (QED) is 0.345. The fourth-order valence-corrected chi connectivity index (χ4v) is 2.78.